The highest BCUT2D eigenvalue weighted by atomic mass is 32.2. The van der Waals surface area contributed by atoms with Crippen LogP contribution in [-0.2, 0) is 33.5 Å². The number of carboxylic acids is 2. The molecule has 2 aliphatic carbocycles. The quantitative estimate of drug-likeness (QED) is 0.131. The molecular formula is C25H35N3O10S. The van der Waals surface area contributed by atoms with Gasteiger partial charge in [-0.25, -0.2) is 4.79 Å². The third-order valence-electron chi connectivity index (χ3n) is 8.12. The fourth-order valence-corrected chi connectivity index (χ4v) is 7.77. The normalized spacial score (nSPS) is 33.3. The smallest absolute Gasteiger partial charge is 0.334 e. The number of esters is 1. The summed E-state index contributed by atoms with van der Waals surface area (Å²) in [5.74, 6) is -5.90. The van der Waals surface area contributed by atoms with E-state index in [1.165, 1.54) is 11.8 Å². The fourth-order valence-electron chi connectivity index (χ4n) is 6.07. The lowest BCUT2D eigenvalue weighted by molar-refractivity contribution is -0.140. The number of fused-ring (bicyclic) bond motifs is 2. The molecule has 2 saturated carbocycles. The zero-order valence-corrected chi connectivity index (χ0v) is 22.6. The van der Waals surface area contributed by atoms with Crippen molar-refractivity contribution in [2.45, 2.75) is 69.1 Å². The zero-order chi connectivity index (χ0) is 29.2. The first-order valence-electron chi connectivity index (χ1n) is 12.7. The minimum atomic E-state index is -1.28. The number of rotatable bonds is 11. The first-order valence-corrected chi connectivity index (χ1v) is 13.7. The van der Waals surface area contributed by atoms with Crippen LogP contribution in [0.25, 0.3) is 0 Å². The molecule has 0 radical (unpaired) electrons. The number of thioether (sulfide) groups is 1. The SMILES string of the molecule is C=C1C(=O)O[C@@H]2C[C@@H](C)[C@@H]3[C@H](SC[C@H](NC(=O)CC[C@H](N)C(=O)O)C(=O)NCC(=O)O)CC(=O)[C@@]3(C)[C@@H](O)C12. The molecule has 1 heterocycles. The Morgan fingerprint density at radius 1 is 1.26 bits per heavy atom. The molecule has 216 valence electrons. The van der Waals surface area contributed by atoms with Gasteiger partial charge in [-0.15, -0.1) is 0 Å². The molecule has 9 atom stereocenters. The number of carbonyl (C=O) groups excluding carboxylic acids is 4. The van der Waals surface area contributed by atoms with Gasteiger partial charge in [-0.1, -0.05) is 13.5 Å². The van der Waals surface area contributed by atoms with Gasteiger partial charge < -0.3 is 36.4 Å². The Morgan fingerprint density at radius 2 is 1.92 bits per heavy atom. The number of aliphatic carboxylic acids is 2. The van der Waals surface area contributed by atoms with E-state index in [0.717, 1.165) is 0 Å². The number of ketones is 1. The Labute approximate surface area is 229 Å². The Kier molecular flexibility index (Phi) is 9.44. The lowest BCUT2D eigenvalue weighted by atomic mass is 9.68. The second-order valence-electron chi connectivity index (χ2n) is 10.7. The lowest BCUT2D eigenvalue weighted by Gasteiger charge is -2.39. The number of hydrogen-bond acceptors (Lipinski definition) is 10. The van der Waals surface area contributed by atoms with Crippen LogP contribution in [0.15, 0.2) is 12.2 Å². The maximum absolute atomic E-state index is 13.4. The summed E-state index contributed by atoms with van der Waals surface area (Å²) in [6.07, 6.45) is -1.71. The van der Waals surface area contributed by atoms with E-state index in [1.54, 1.807) is 6.92 Å². The molecular weight excluding hydrogens is 534 g/mol. The summed E-state index contributed by atoms with van der Waals surface area (Å²) in [5.41, 5.74) is 4.39. The Hall–Kier alpha value is -2.97. The molecule has 3 rings (SSSR count). The summed E-state index contributed by atoms with van der Waals surface area (Å²) in [5, 5.41) is 33.6. The average molecular weight is 570 g/mol. The van der Waals surface area contributed by atoms with Crippen molar-refractivity contribution in [1.29, 1.82) is 0 Å². The molecule has 0 spiro atoms. The molecule has 3 aliphatic rings. The minimum Gasteiger partial charge on any atom is -0.480 e. The van der Waals surface area contributed by atoms with Crippen LogP contribution in [0, 0.1) is 23.2 Å². The van der Waals surface area contributed by atoms with E-state index in [-0.39, 0.29) is 53.5 Å². The predicted molar refractivity (Wildman–Crippen MR) is 137 cm³/mol. The number of amides is 2. The lowest BCUT2D eigenvalue weighted by Crippen LogP contribution is -2.50. The van der Waals surface area contributed by atoms with Gasteiger partial charge in [0.2, 0.25) is 11.8 Å². The first-order chi connectivity index (χ1) is 18.2. The maximum atomic E-state index is 13.4. The van der Waals surface area contributed by atoms with Crippen LogP contribution < -0.4 is 16.4 Å². The number of carboxylic acid groups (broad SMARTS) is 2. The van der Waals surface area contributed by atoms with Crippen LogP contribution in [0.5, 0.6) is 0 Å². The number of aliphatic hydroxyl groups is 1. The van der Waals surface area contributed by atoms with Crippen LogP contribution >= 0.6 is 11.8 Å². The van der Waals surface area contributed by atoms with Crippen molar-refractivity contribution >= 4 is 47.3 Å². The number of Topliss-reactive ketones (excluding diaryl/α,β-unsaturated/α-hetero) is 1. The van der Waals surface area contributed by atoms with Crippen molar-refractivity contribution in [2.24, 2.45) is 28.9 Å². The number of ether oxygens (including phenoxy) is 1. The van der Waals surface area contributed by atoms with Gasteiger partial charge in [-0.2, -0.15) is 11.8 Å². The number of nitrogens with two attached hydrogens (primary N) is 1. The monoisotopic (exact) mass is 569 g/mol. The van der Waals surface area contributed by atoms with Crippen LogP contribution in [0.3, 0.4) is 0 Å². The van der Waals surface area contributed by atoms with Crippen molar-refractivity contribution < 1.29 is 48.8 Å². The molecule has 0 bridgehead atoms. The van der Waals surface area contributed by atoms with E-state index < -0.39 is 71.9 Å². The molecule has 0 aromatic carbocycles. The topological polar surface area (TPSA) is 222 Å². The van der Waals surface area contributed by atoms with Crippen molar-refractivity contribution in [3.05, 3.63) is 12.2 Å². The van der Waals surface area contributed by atoms with Gasteiger partial charge in [0.05, 0.1) is 17.4 Å². The number of nitrogens with one attached hydrogen (secondary N) is 2. The maximum Gasteiger partial charge on any atom is 0.334 e. The molecule has 14 heteroatoms. The molecule has 0 aromatic rings. The molecule has 0 aromatic heterocycles. The van der Waals surface area contributed by atoms with Gasteiger partial charge in [0, 0.05) is 29.4 Å². The Bertz CT molecular complexity index is 1070. The number of hydrogen-bond donors (Lipinski definition) is 6. The van der Waals surface area contributed by atoms with Crippen molar-refractivity contribution in [3.63, 3.8) is 0 Å². The summed E-state index contributed by atoms with van der Waals surface area (Å²) < 4.78 is 5.44. The van der Waals surface area contributed by atoms with Crippen LogP contribution in [0.2, 0.25) is 0 Å². The second-order valence-corrected chi connectivity index (χ2v) is 11.9. The van der Waals surface area contributed by atoms with E-state index in [9.17, 15) is 33.9 Å². The molecule has 1 saturated heterocycles. The predicted octanol–water partition coefficient (Wildman–Crippen LogP) is -0.940. The molecule has 7 N–H and O–H groups in total. The molecule has 3 fully saturated rings. The van der Waals surface area contributed by atoms with Gasteiger partial charge in [0.15, 0.2) is 0 Å². The third-order valence-corrected chi connectivity index (χ3v) is 9.53. The minimum absolute atomic E-state index is 0.00985. The third kappa shape index (κ3) is 6.28. The van der Waals surface area contributed by atoms with Gasteiger partial charge in [0.1, 0.15) is 30.5 Å². The number of aliphatic hydroxyl groups excluding tert-OH is 1. The Morgan fingerprint density at radius 3 is 2.54 bits per heavy atom. The largest absolute Gasteiger partial charge is 0.480 e. The van der Waals surface area contributed by atoms with Gasteiger partial charge in [-0.3, -0.25) is 24.0 Å². The van der Waals surface area contributed by atoms with E-state index in [2.05, 4.69) is 17.2 Å². The standard InChI is InChI=1S/C25H35N3O10S/c1-10-6-14-19(11(2)24(37)38-14)21(33)25(3)16(29)7-15(20(10)25)39-9-13(22(34)27-8-18(31)32)28-17(30)5-4-12(26)23(35)36/h10,12-15,19-21,33H,2,4-9,26H2,1,3H3,(H,27,34)(H,28,30)(H,31,32)(H,35,36)/t10-,12+,13+,14-,15-,19?,20-,21+,25-/m1/s1. The summed E-state index contributed by atoms with van der Waals surface area (Å²) >= 11 is 1.25. The van der Waals surface area contributed by atoms with Gasteiger partial charge >= 0.3 is 17.9 Å². The second kappa shape index (κ2) is 12.0. The molecule has 1 aliphatic heterocycles. The van der Waals surface area contributed by atoms with Crippen LogP contribution in [0.4, 0.5) is 0 Å². The highest BCUT2D eigenvalue weighted by Gasteiger charge is 2.64. The Balaban J connectivity index is 1.76. The van der Waals surface area contributed by atoms with Crippen molar-refractivity contribution in [3.8, 4) is 0 Å². The zero-order valence-electron chi connectivity index (χ0n) is 21.8. The van der Waals surface area contributed by atoms with E-state index in [1.807, 2.05) is 6.92 Å². The van der Waals surface area contributed by atoms with E-state index >= 15 is 0 Å². The van der Waals surface area contributed by atoms with Gasteiger partial charge in [-0.05, 0) is 31.6 Å². The fraction of sp³-hybridized carbons (Fsp3) is 0.680. The van der Waals surface area contributed by atoms with E-state index in [4.69, 9.17) is 20.7 Å². The van der Waals surface area contributed by atoms with Crippen LogP contribution in [-0.4, -0.2) is 92.7 Å². The van der Waals surface area contributed by atoms with Crippen molar-refractivity contribution in [1.82, 2.24) is 10.6 Å². The molecule has 39 heavy (non-hydrogen) atoms. The number of carbonyl (C=O) groups is 6. The summed E-state index contributed by atoms with van der Waals surface area (Å²) in [6.45, 7) is 6.72. The molecule has 2 amide bonds. The summed E-state index contributed by atoms with van der Waals surface area (Å²) in [4.78, 5) is 72.5. The van der Waals surface area contributed by atoms with Gasteiger partial charge in [0.25, 0.3) is 0 Å². The van der Waals surface area contributed by atoms with Crippen LogP contribution in [0.1, 0.15) is 39.5 Å². The molecule has 1 unspecified atom stereocenters. The first kappa shape index (κ1) is 30.6. The highest BCUT2D eigenvalue weighted by molar-refractivity contribution is 8.00. The average Bonchev–Trinajstić information content (AvgIpc) is 3.26. The highest BCUT2D eigenvalue weighted by Crippen LogP contribution is 2.57. The summed E-state index contributed by atoms with van der Waals surface area (Å²) in [6, 6.07) is -2.43. The van der Waals surface area contributed by atoms with E-state index in [0.29, 0.717) is 6.42 Å². The molecule has 13 nitrogen and oxygen atoms in total. The van der Waals surface area contributed by atoms with Crippen molar-refractivity contribution in [2.75, 3.05) is 12.3 Å². The summed E-state index contributed by atoms with van der Waals surface area (Å²) in [7, 11) is 0.